The van der Waals surface area contributed by atoms with E-state index in [1.165, 1.54) is 167 Å². The molecule has 0 amide bonds. The second-order valence-electron chi connectivity index (χ2n) is 16.9. The number of nitrogens with zero attached hydrogens (tertiary/aromatic N) is 1. The maximum Gasteiger partial charge on any atom is 0.130 e. The molecule has 0 aromatic heterocycles. The quantitative estimate of drug-likeness (QED) is 0.0373. The Bertz CT molecular complexity index is 826. The average molecular weight is 905 g/mol. The zero-order valence-corrected chi connectivity index (χ0v) is 41.5. The lowest BCUT2D eigenvalue weighted by atomic mass is 10.1. The fourth-order valence-electron chi connectivity index (χ4n) is 7.61. The highest BCUT2D eigenvalue weighted by Gasteiger charge is 2.28. The normalized spacial score (nSPS) is 12.6. The SMILES string of the molecule is CCCCCCCCC=CCCCCCCCCOCC(C[N+](CC)(CC)CCOCCOCCOCCO)OCCCCCCCCC=CCCCCCCCC.[Br-]. The molecule has 0 aliphatic carbocycles. The van der Waals surface area contributed by atoms with Crippen LogP contribution >= 0.6 is 0 Å². The molecule has 0 rings (SSSR count). The molecule has 8 heteroatoms. The summed E-state index contributed by atoms with van der Waals surface area (Å²) in [4.78, 5) is 0. The van der Waals surface area contributed by atoms with Crippen LogP contribution in [0.5, 0.6) is 0 Å². The van der Waals surface area contributed by atoms with Gasteiger partial charge in [-0.05, 0) is 78.1 Å². The Morgan fingerprint density at radius 1 is 0.407 bits per heavy atom. The largest absolute Gasteiger partial charge is 1.00 e. The second kappa shape index (κ2) is 52.0. The molecule has 1 unspecified atom stereocenters. The zero-order chi connectivity index (χ0) is 42.1. The van der Waals surface area contributed by atoms with Crippen LogP contribution in [0.4, 0.5) is 0 Å². The molecular formula is C51H102BrNO6. The first-order chi connectivity index (χ1) is 28.7. The number of aliphatic hydroxyl groups is 1. The smallest absolute Gasteiger partial charge is 0.130 e. The number of halogens is 1. The molecule has 1 N–H and O–H groups in total. The van der Waals surface area contributed by atoms with Gasteiger partial charge in [0.2, 0.25) is 0 Å². The fourth-order valence-corrected chi connectivity index (χ4v) is 7.61. The Labute approximate surface area is 378 Å². The molecule has 0 aromatic rings. The van der Waals surface area contributed by atoms with E-state index >= 15 is 0 Å². The number of allylic oxidation sites excluding steroid dienone is 4. The van der Waals surface area contributed by atoms with E-state index in [1.807, 2.05) is 0 Å². The van der Waals surface area contributed by atoms with Gasteiger partial charge in [-0.1, -0.05) is 154 Å². The van der Waals surface area contributed by atoms with Crippen molar-refractivity contribution in [1.82, 2.24) is 0 Å². The zero-order valence-electron chi connectivity index (χ0n) is 39.9. The number of ether oxygens (including phenoxy) is 5. The molecule has 0 aliphatic heterocycles. The monoisotopic (exact) mass is 904 g/mol. The maximum atomic E-state index is 8.81. The Morgan fingerprint density at radius 2 is 0.780 bits per heavy atom. The summed E-state index contributed by atoms with van der Waals surface area (Å²) in [5.74, 6) is 0. The Balaban J connectivity index is 0. The molecule has 0 bridgehead atoms. The van der Waals surface area contributed by atoms with Crippen LogP contribution in [-0.2, 0) is 23.7 Å². The van der Waals surface area contributed by atoms with Gasteiger partial charge in [0.25, 0.3) is 0 Å². The first-order valence-corrected chi connectivity index (χ1v) is 25.4. The third-order valence-electron chi connectivity index (χ3n) is 11.7. The molecule has 354 valence electrons. The lowest BCUT2D eigenvalue weighted by Gasteiger charge is -2.39. The minimum absolute atomic E-state index is 0. The van der Waals surface area contributed by atoms with Crippen molar-refractivity contribution in [3.05, 3.63) is 24.3 Å². The lowest BCUT2D eigenvalue weighted by Crippen LogP contribution is -3.00. The third-order valence-corrected chi connectivity index (χ3v) is 11.7. The lowest BCUT2D eigenvalue weighted by molar-refractivity contribution is -0.928. The van der Waals surface area contributed by atoms with E-state index in [9.17, 15) is 0 Å². The Morgan fingerprint density at radius 3 is 1.20 bits per heavy atom. The summed E-state index contributed by atoms with van der Waals surface area (Å²) in [5, 5.41) is 8.81. The van der Waals surface area contributed by atoms with Crippen LogP contribution in [-0.4, -0.2) is 108 Å². The van der Waals surface area contributed by atoms with Crippen LogP contribution in [0.2, 0.25) is 0 Å². The molecule has 0 radical (unpaired) electrons. The molecule has 0 saturated heterocycles. The van der Waals surface area contributed by atoms with Gasteiger partial charge in [-0.3, -0.25) is 0 Å². The minimum Gasteiger partial charge on any atom is -1.00 e. The van der Waals surface area contributed by atoms with Crippen LogP contribution in [0.25, 0.3) is 0 Å². The van der Waals surface area contributed by atoms with Crippen LogP contribution in [0, 0.1) is 0 Å². The van der Waals surface area contributed by atoms with Crippen molar-refractivity contribution in [2.24, 2.45) is 0 Å². The van der Waals surface area contributed by atoms with Gasteiger partial charge in [0, 0.05) is 13.2 Å². The van der Waals surface area contributed by atoms with Crippen LogP contribution < -0.4 is 17.0 Å². The van der Waals surface area contributed by atoms with E-state index in [1.54, 1.807) is 0 Å². The molecule has 0 aliphatic rings. The van der Waals surface area contributed by atoms with E-state index in [2.05, 4.69) is 52.0 Å². The molecule has 0 heterocycles. The van der Waals surface area contributed by atoms with Crippen molar-refractivity contribution < 1.29 is 50.3 Å². The van der Waals surface area contributed by atoms with Gasteiger partial charge >= 0.3 is 0 Å². The first kappa shape index (κ1) is 60.8. The number of hydrogen-bond acceptors (Lipinski definition) is 6. The highest BCUT2D eigenvalue weighted by Crippen LogP contribution is 2.15. The van der Waals surface area contributed by atoms with E-state index in [0.717, 1.165) is 56.7 Å². The van der Waals surface area contributed by atoms with Crippen LogP contribution in [0.1, 0.15) is 207 Å². The van der Waals surface area contributed by atoms with Crippen molar-refractivity contribution >= 4 is 0 Å². The summed E-state index contributed by atoms with van der Waals surface area (Å²) < 4.78 is 30.8. The molecule has 0 aromatic carbocycles. The predicted octanol–water partition coefficient (Wildman–Crippen LogP) is 10.4. The van der Waals surface area contributed by atoms with Gasteiger partial charge < -0.3 is 50.3 Å². The summed E-state index contributed by atoms with van der Waals surface area (Å²) in [6.07, 6.45) is 46.9. The van der Waals surface area contributed by atoms with E-state index in [0.29, 0.717) is 46.2 Å². The third kappa shape index (κ3) is 45.5. The van der Waals surface area contributed by atoms with Gasteiger partial charge in [-0.15, -0.1) is 0 Å². The van der Waals surface area contributed by atoms with E-state index in [4.69, 9.17) is 28.8 Å². The number of unbranched alkanes of at least 4 members (excludes halogenated alkanes) is 24. The number of rotatable bonds is 50. The van der Waals surface area contributed by atoms with Crippen molar-refractivity contribution in [1.29, 1.82) is 0 Å². The van der Waals surface area contributed by atoms with Crippen molar-refractivity contribution in [2.75, 3.05) is 92.2 Å². The maximum absolute atomic E-state index is 8.81. The van der Waals surface area contributed by atoms with Gasteiger partial charge in [-0.2, -0.15) is 0 Å². The van der Waals surface area contributed by atoms with Crippen LogP contribution in [0.15, 0.2) is 24.3 Å². The second-order valence-corrected chi connectivity index (χ2v) is 16.9. The summed E-state index contributed by atoms with van der Waals surface area (Å²) >= 11 is 0. The van der Waals surface area contributed by atoms with E-state index in [-0.39, 0.29) is 29.7 Å². The van der Waals surface area contributed by atoms with Crippen molar-refractivity contribution in [2.45, 2.75) is 214 Å². The van der Waals surface area contributed by atoms with Gasteiger partial charge in [0.05, 0.1) is 65.9 Å². The molecular weight excluding hydrogens is 802 g/mol. The topological polar surface area (TPSA) is 66.4 Å². The first-order valence-electron chi connectivity index (χ1n) is 25.4. The number of quaternary nitrogens is 1. The molecule has 0 fully saturated rings. The highest BCUT2D eigenvalue weighted by molar-refractivity contribution is 4.82. The van der Waals surface area contributed by atoms with Crippen molar-refractivity contribution in [3.63, 3.8) is 0 Å². The molecule has 59 heavy (non-hydrogen) atoms. The number of aliphatic hydroxyl groups excluding tert-OH is 1. The summed E-state index contributed by atoms with van der Waals surface area (Å²) in [7, 11) is 0. The van der Waals surface area contributed by atoms with E-state index < -0.39 is 0 Å². The summed E-state index contributed by atoms with van der Waals surface area (Å²) in [5.41, 5.74) is 0. The van der Waals surface area contributed by atoms with Crippen molar-refractivity contribution in [3.8, 4) is 0 Å². The average Bonchev–Trinajstić information content (AvgIpc) is 3.24. The number of hydrogen-bond donors (Lipinski definition) is 1. The standard InChI is InChI=1S/C51H102NO6.BrH/c1-5-9-11-13-15-17-19-21-23-25-27-29-31-33-35-37-41-57-50-51(49-52(7-3,8-4)39-43-54-45-47-56-48-46-55-44-40-53)58-42-38-36-34-32-30-28-26-24-22-20-18-16-14-12-10-6-2;/h21-24,51,53H,5-20,25-50H2,1-4H3;1H/q+1;/p-1. The highest BCUT2D eigenvalue weighted by atomic mass is 79.9. The van der Waals surface area contributed by atoms with Gasteiger partial charge in [0.15, 0.2) is 0 Å². The molecule has 7 nitrogen and oxygen atoms in total. The molecule has 0 saturated carbocycles. The Hall–Kier alpha value is -0.320. The molecule has 0 spiro atoms. The molecule has 1 atom stereocenters. The summed E-state index contributed by atoms with van der Waals surface area (Å²) in [6, 6.07) is 0. The predicted molar refractivity (Wildman–Crippen MR) is 250 cm³/mol. The number of likely N-dealkylation sites (N-methyl/N-ethyl adjacent to an activating group) is 1. The fraction of sp³-hybridized carbons (Fsp3) is 0.922. The van der Waals surface area contributed by atoms with Crippen LogP contribution in [0.3, 0.4) is 0 Å². The minimum atomic E-state index is 0. The Kier molecular flexibility index (Phi) is 53.6. The summed E-state index contributed by atoms with van der Waals surface area (Å²) in [6.45, 7) is 18.9. The van der Waals surface area contributed by atoms with Gasteiger partial charge in [-0.25, -0.2) is 0 Å². The van der Waals surface area contributed by atoms with Gasteiger partial charge in [0.1, 0.15) is 19.2 Å².